The Morgan fingerprint density at radius 1 is 1.48 bits per heavy atom. The van der Waals surface area contributed by atoms with E-state index in [1.807, 2.05) is 13.8 Å². The molecule has 0 spiro atoms. The fourth-order valence-corrected chi connectivity index (χ4v) is 3.12. The van der Waals surface area contributed by atoms with Crippen molar-refractivity contribution in [3.63, 3.8) is 0 Å². The first-order valence-corrected chi connectivity index (χ1v) is 8.59. The Hall–Kier alpha value is -1.61. The molecule has 0 fully saturated rings. The number of nitrogen functional groups attached to an aromatic ring is 1. The normalized spacial score (nSPS) is 11.6. The number of pyridine rings is 1. The van der Waals surface area contributed by atoms with E-state index in [0.717, 1.165) is 12.0 Å². The van der Waals surface area contributed by atoms with Gasteiger partial charge in [-0.1, -0.05) is 6.92 Å². The minimum atomic E-state index is -3.78. The van der Waals surface area contributed by atoms with Crippen LogP contribution >= 0.6 is 15.9 Å². The van der Waals surface area contributed by atoms with Gasteiger partial charge in [0.15, 0.2) is 5.82 Å². The van der Waals surface area contributed by atoms with Crippen LogP contribution < -0.4 is 10.5 Å². The second-order valence-electron chi connectivity index (χ2n) is 4.58. The molecule has 0 aliphatic rings. The summed E-state index contributed by atoms with van der Waals surface area (Å²) in [4.78, 5) is 4.02. The lowest BCUT2D eigenvalue weighted by Gasteiger charge is -2.07. The zero-order valence-electron chi connectivity index (χ0n) is 11.7. The summed E-state index contributed by atoms with van der Waals surface area (Å²) in [5.74, 6) is -0.0160. The second-order valence-corrected chi connectivity index (χ2v) is 6.98. The van der Waals surface area contributed by atoms with Crippen LogP contribution in [0.4, 0.5) is 11.5 Å². The lowest BCUT2D eigenvalue weighted by molar-refractivity contribution is 0.595. The molecule has 0 aromatic carbocycles. The quantitative estimate of drug-likeness (QED) is 0.781. The molecule has 2 rings (SSSR count). The SMILES string of the molecule is CCCn1cc(S(=O)(=O)Nc2cnc(Br)c(C)c2)c(N)n1. The molecule has 0 aliphatic heterocycles. The van der Waals surface area contributed by atoms with E-state index >= 15 is 0 Å². The van der Waals surface area contributed by atoms with Crippen molar-refractivity contribution in [1.82, 2.24) is 14.8 Å². The Bertz CT molecular complexity index is 757. The second kappa shape index (κ2) is 6.02. The number of nitrogens with one attached hydrogen (secondary N) is 1. The predicted molar refractivity (Wildman–Crippen MR) is 84.4 cm³/mol. The molecule has 0 saturated heterocycles. The van der Waals surface area contributed by atoms with Crippen molar-refractivity contribution in [2.24, 2.45) is 0 Å². The monoisotopic (exact) mass is 373 g/mol. The third-order valence-corrected chi connectivity index (χ3v) is 4.99. The summed E-state index contributed by atoms with van der Waals surface area (Å²) >= 11 is 3.26. The van der Waals surface area contributed by atoms with Crippen LogP contribution in [0.1, 0.15) is 18.9 Å². The highest BCUT2D eigenvalue weighted by molar-refractivity contribution is 9.10. The maximum Gasteiger partial charge on any atom is 0.267 e. The van der Waals surface area contributed by atoms with Gasteiger partial charge in [-0.25, -0.2) is 13.4 Å². The molecule has 2 heterocycles. The van der Waals surface area contributed by atoms with E-state index in [2.05, 4.69) is 30.7 Å². The zero-order valence-corrected chi connectivity index (χ0v) is 14.1. The van der Waals surface area contributed by atoms with Gasteiger partial charge in [-0.15, -0.1) is 0 Å². The van der Waals surface area contributed by atoms with E-state index in [1.54, 1.807) is 6.07 Å². The third kappa shape index (κ3) is 3.53. The van der Waals surface area contributed by atoms with Gasteiger partial charge in [-0.2, -0.15) is 5.10 Å². The van der Waals surface area contributed by atoms with Crippen molar-refractivity contribution in [3.8, 4) is 0 Å². The highest BCUT2D eigenvalue weighted by atomic mass is 79.9. The molecule has 0 amide bonds. The predicted octanol–water partition coefficient (Wildman–Crippen LogP) is 2.14. The topological polar surface area (TPSA) is 103 Å². The van der Waals surface area contributed by atoms with Crippen molar-refractivity contribution < 1.29 is 8.42 Å². The Morgan fingerprint density at radius 2 is 2.19 bits per heavy atom. The van der Waals surface area contributed by atoms with Crippen LogP contribution in [-0.4, -0.2) is 23.2 Å². The summed E-state index contributed by atoms with van der Waals surface area (Å²) in [6.45, 7) is 4.40. The summed E-state index contributed by atoms with van der Waals surface area (Å²) in [7, 11) is -3.78. The van der Waals surface area contributed by atoms with Crippen molar-refractivity contribution >= 4 is 37.5 Å². The number of aromatic nitrogens is 3. The zero-order chi connectivity index (χ0) is 15.6. The van der Waals surface area contributed by atoms with Gasteiger partial charge in [0.2, 0.25) is 0 Å². The highest BCUT2D eigenvalue weighted by Gasteiger charge is 2.21. The minimum Gasteiger partial charge on any atom is -0.381 e. The van der Waals surface area contributed by atoms with E-state index in [1.165, 1.54) is 17.1 Å². The molecule has 0 bridgehead atoms. The highest BCUT2D eigenvalue weighted by Crippen LogP contribution is 2.22. The molecule has 9 heteroatoms. The summed E-state index contributed by atoms with van der Waals surface area (Å²) in [5, 5.41) is 3.99. The first-order valence-electron chi connectivity index (χ1n) is 6.31. The van der Waals surface area contributed by atoms with Crippen molar-refractivity contribution in [2.75, 3.05) is 10.5 Å². The number of hydrogen-bond donors (Lipinski definition) is 2. The first-order chi connectivity index (χ1) is 9.83. The minimum absolute atomic E-state index is 0.0160. The average Bonchev–Trinajstić information content (AvgIpc) is 2.76. The Morgan fingerprint density at radius 3 is 2.81 bits per heavy atom. The van der Waals surface area contributed by atoms with Gasteiger partial charge >= 0.3 is 0 Å². The molecule has 114 valence electrons. The molecule has 2 aromatic heterocycles. The maximum absolute atomic E-state index is 12.4. The van der Waals surface area contributed by atoms with Gasteiger partial charge in [-0.3, -0.25) is 9.40 Å². The lowest BCUT2D eigenvalue weighted by Crippen LogP contribution is -2.14. The fourth-order valence-electron chi connectivity index (χ4n) is 1.79. The van der Waals surface area contributed by atoms with Crippen LogP contribution in [0.5, 0.6) is 0 Å². The summed E-state index contributed by atoms with van der Waals surface area (Å²) in [6, 6.07) is 1.68. The molecule has 0 atom stereocenters. The Balaban J connectivity index is 2.31. The number of sulfonamides is 1. The number of nitrogens with two attached hydrogens (primary N) is 1. The third-order valence-electron chi connectivity index (χ3n) is 2.76. The Kier molecular flexibility index (Phi) is 4.52. The van der Waals surface area contributed by atoms with Gasteiger partial charge in [0.1, 0.15) is 9.50 Å². The number of anilines is 2. The largest absolute Gasteiger partial charge is 0.381 e. The first kappa shape index (κ1) is 15.8. The molecular weight excluding hydrogens is 358 g/mol. The molecule has 0 aliphatic carbocycles. The van der Waals surface area contributed by atoms with Gasteiger partial charge in [0, 0.05) is 12.7 Å². The lowest BCUT2D eigenvalue weighted by atomic mass is 10.3. The summed E-state index contributed by atoms with van der Waals surface area (Å²) < 4.78 is 29.3. The van der Waals surface area contributed by atoms with Gasteiger partial charge in [-0.05, 0) is 40.9 Å². The van der Waals surface area contributed by atoms with Crippen LogP contribution in [0.3, 0.4) is 0 Å². The summed E-state index contributed by atoms with van der Waals surface area (Å²) in [6.07, 6.45) is 3.70. The molecule has 21 heavy (non-hydrogen) atoms. The maximum atomic E-state index is 12.4. The van der Waals surface area contributed by atoms with Crippen molar-refractivity contribution in [1.29, 1.82) is 0 Å². The van der Waals surface area contributed by atoms with Crippen LogP contribution in [0, 0.1) is 6.92 Å². The molecule has 7 nitrogen and oxygen atoms in total. The molecular formula is C12H16BrN5O2S. The average molecular weight is 374 g/mol. The smallest absolute Gasteiger partial charge is 0.267 e. The molecule has 0 radical (unpaired) electrons. The number of rotatable bonds is 5. The van der Waals surface area contributed by atoms with Crippen molar-refractivity contribution in [3.05, 3.63) is 28.6 Å². The number of halogens is 1. The Labute approximate surface area is 131 Å². The van der Waals surface area contributed by atoms with Crippen LogP contribution in [0.25, 0.3) is 0 Å². The fraction of sp³-hybridized carbons (Fsp3) is 0.333. The van der Waals surface area contributed by atoms with Gasteiger partial charge < -0.3 is 5.73 Å². The van der Waals surface area contributed by atoms with Crippen LogP contribution in [0.2, 0.25) is 0 Å². The molecule has 2 aromatic rings. The summed E-state index contributed by atoms with van der Waals surface area (Å²) in [5.41, 5.74) is 6.89. The van der Waals surface area contributed by atoms with E-state index in [9.17, 15) is 8.42 Å². The van der Waals surface area contributed by atoms with Gasteiger partial charge in [0.25, 0.3) is 10.0 Å². The molecule has 0 saturated carbocycles. The van der Waals surface area contributed by atoms with E-state index in [-0.39, 0.29) is 10.7 Å². The number of hydrogen-bond acceptors (Lipinski definition) is 5. The van der Waals surface area contributed by atoms with Crippen LogP contribution in [0.15, 0.2) is 28.0 Å². The number of aryl methyl sites for hydroxylation is 2. The van der Waals surface area contributed by atoms with E-state index in [4.69, 9.17) is 5.73 Å². The van der Waals surface area contributed by atoms with Gasteiger partial charge in [0.05, 0.1) is 11.9 Å². The van der Waals surface area contributed by atoms with E-state index in [0.29, 0.717) is 16.8 Å². The van der Waals surface area contributed by atoms with Crippen LogP contribution in [-0.2, 0) is 16.6 Å². The van der Waals surface area contributed by atoms with E-state index < -0.39 is 10.0 Å². The molecule has 3 N–H and O–H groups in total. The van der Waals surface area contributed by atoms with Crippen molar-refractivity contribution in [2.45, 2.75) is 31.7 Å². The molecule has 0 unspecified atom stereocenters. The standard InChI is InChI=1S/C12H16BrN5O2S/c1-3-4-18-7-10(12(14)16-18)21(19,20)17-9-5-8(2)11(13)15-6-9/h5-7,17H,3-4H2,1-2H3,(H2,14,16). The number of nitrogens with zero attached hydrogens (tertiary/aromatic N) is 3.